The van der Waals surface area contributed by atoms with Crippen LogP contribution in [0.25, 0.3) is 0 Å². The summed E-state index contributed by atoms with van der Waals surface area (Å²) >= 11 is 5.38. The smallest absolute Gasteiger partial charge is 0.175 e. The number of rotatable bonds is 4. The Labute approximate surface area is 197 Å². The van der Waals surface area contributed by atoms with Crippen molar-refractivity contribution < 1.29 is 4.74 Å². The van der Waals surface area contributed by atoms with Gasteiger partial charge in [0.2, 0.25) is 0 Å². The molecule has 168 valence electrons. The predicted molar refractivity (Wildman–Crippen MR) is 134 cm³/mol. The number of nitrogens with one attached hydrogen (secondary N) is 4. The second kappa shape index (κ2) is 9.51. The highest BCUT2D eigenvalue weighted by atomic mass is 32.1. The van der Waals surface area contributed by atoms with Gasteiger partial charge in [-0.3, -0.25) is 10.4 Å². The van der Waals surface area contributed by atoms with Crippen molar-refractivity contribution in [1.82, 2.24) is 14.9 Å². The normalized spacial score (nSPS) is 19.9. The molecule has 0 aliphatic carbocycles. The molecule has 2 aliphatic heterocycles. The number of aromatic amines is 1. The number of anilines is 2. The van der Waals surface area contributed by atoms with Crippen LogP contribution < -0.4 is 10.6 Å². The Balaban J connectivity index is 1.29. The average molecular weight is 460 g/mol. The third-order valence-corrected chi connectivity index (χ3v) is 5.96. The number of fused-ring (bicyclic) bond motifs is 2. The zero-order chi connectivity index (χ0) is 22.6. The number of amidine groups is 2. The fraction of sp³-hybridized carbons (Fsp3) is 0.250. The molecule has 1 aromatic carbocycles. The molecule has 2 aliphatic rings. The molecule has 0 radical (unpaired) electrons. The maximum absolute atomic E-state index is 8.63. The van der Waals surface area contributed by atoms with E-state index in [4.69, 9.17) is 27.4 Å². The maximum atomic E-state index is 8.63. The van der Waals surface area contributed by atoms with E-state index in [2.05, 4.69) is 25.5 Å². The highest BCUT2D eigenvalue weighted by Crippen LogP contribution is 2.27. The SMILES string of the molecule is N=C(N=C(c1ccc[nH]1)N1C[C@H]2CC[C@H](C1)O2)c1ccc(NC(=S)Nc2ccncc2)cc1. The topological polar surface area (TPSA) is 101 Å². The first-order valence-electron chi connectivity index (χ1n) is 10.9. The minimum atomic E-state index is 0.211. The molecule has 0 spiro atoms. The molecular formula is C24H25N7OS. The number of aromatic nitrogens is 2. The summed E-state index contributed by atoms with van der Waals surface area (Å²) in [4.78, 5) is 14.2. The van der Waals surface area contributed by atoms with Crippen LogP contribution in [0, 0.1) is 5.41 Å². The Morgan fingerprint density at radius 3 is 2.33 bits per heavy atom. The number of nitrogens with zero attached hydrogens (tertiary/aromatic N) is 3. The summed E-state index contributed by atoms with van der Waals surface area (Å²) in [7, 11) is 0. The molecular weight excluding hydrogens is 434 g/mol. The van der Waals surface area contributed by atoms with E-state index in [1.165, 1.54) is 0 Å². The lowest BCUT2D eigenvalue weighted by Gasteiger charge is -2.34. The fourth-order valence-electron chi connectivity index (χ4n) is 4.17. The van der Waals surface area contributed by atoms with Gasteiger partial charge in [0, 0.05) is 48.6 Å². The number of ether oxygens (including phenoxy) is 1. The molecule has 8 nitrogen and oxygen atoms in total. The number of hydrogen-bond acceptors (Lipinski definition) is 4. The second-order valence-electron chi connectivity index (χ2n) is 8.12. The van der Waals surface area contributed by atoms with Crippen LogP contribution in [0.5, 0.6) is 0 Å². The van der Waals surface area contributed by atoms with Gasteiger partial charge in [-0.15, -0.1) is 0 Å². The highest BCUT2D eigenvalue weighted by molar-refractivity contribution is 7.80. The Morgan fingerprint density at radius 1 is 1.03 bits per heavy atom. The molecule has 2 saturated heterocycles. The van der Waals surface area contributed by atoms with E-state index < -0.39 is 0 Å². The number of pyridine rings is 1. The fourth-order valence-corrected chi connectivity index (χ4v) is 4.40. The summed E-state index contributed by atoms with van der Waals surface area (Å²) in [5.41, 5.74) is 3.33. The summed E-state index contributed by atoms with van der Waals surface area (Å²) in [5, 5.41) is 15.4. The van der Waals surface area contributed by atoms with Gasteiger partial charge in [-0.05, 0) is 73.6 Å². The van der Waals surface area contributed by atoms with Crippen molar-refractivity contribution in [3.63, 3.8) is 0 Å². The molecule has 2 aromatic heterocycles. The van der Waals surface area contributed by atoms with Gasteiger partial charge in [0.15, 0.2) is 16.8 Å². The summed E-state index contributed by atoms with van der Waals surface area (Å²) in [6.45, 7) is 1.60. The lowest BCUT2D eigenvalue weighted by molar-refractivity contribution is -0.0155. The molecule has 2 atom stereocenters. The van der Waals surface area contributed by atoms with E-state index in [1.54, 1.807) is 12.4 Å². The van der Waals surface area contributed by atoms with E-state index >= 15 is 0 Å². The molecule has 0 unspecified atom stereocenters. The molecule has 0 amide bonds. The monoisotopic (exact) mass is 459 g/mol. The van der Waals surface area contributed by atoms with Crippen molar-refractivity contribution in [2.24, 2.45) is 4.99 Å². The molecule has 4 N–H and O–H groups in total. The Kier molecular flexibility index (Phi) is 6.14. The zero-order valence-corrected chi connectivity index (χ0v) is 18.8. The molecule has 5 rings (SSSR count). The first-order valence-corrected chi connectivity index (χ1v) is 11.3. The van der Waals surface area contributed by atoms with Crippen molar-refractivity contribution in [2.75, 3.05) is 23.7 Å². The third-order valence-electron chi connectivity index (χ3n) is 5.75. The number of H-pyrrole nitrogens is 1. The second-order valence-corrected chi connectivity index (χ2v) is 8.53. The van der Waals surface area contributed by atoms with Crippen molar-refractivity contribution in [3.05, 3.63) is 78.4 Å². The molecule has 3 aromatic rings. The van der Waals surface area contributed by atoms with Crippen LogP contribution in [0.4, 0.5) is 11.4 Å². The van der Waals surface area contributed by atoms with Gasteiger partial charge < -0.3 is 25.3 Å². The zero-order valence-electron chi connectivity index (χ0n) is 18.0. The minimum absolute atomic E-state index is 0.211. The Hall–Kier alpha value is -3.56. The van der Waals surface area contributed by atoms with E-state index in [1.807, 2.05) is 54.7 Å². The van der Waals surface area contributed by atoms with Crippen molar-refractivity contribution in [1.29, 1.82) is 5.41 Å². The quantitative estimate of drug-likeness (QED) is 0.269. The number of aliphatic imine (C=N–C) groups is 1. The summed E-state index contributed by atoms with van der Waals surface area (Å²) in [6, 6.07) is 15.2. The number of hydrogen-bond donors (Lipinski definition) is 4. The van der Waals surface area contributed by atoms with Crippen LogP contribution in [-0.2, 0) is 4.74 Å². The van der Waals surface area contributed by atoms with E-state index in [-0.39, 0.29) is 18.0 Å². The van der Waals surface area contributed by atoms with Crippen LogP contribution in [0.1, 0.15) is 24.1 Å². The van der Waals surface area contributed by atoms with Crippen molar-refractivity contribution in [3.8, 4) is 0 Å². The van der Waals surface area contributed by atoms with Gasteiger partial charge in [-0.25, -0.2) is 4.99 Å². The molecule has 33 heavy (non-hydrogen) atoms. The molecule has 2 fully saturated rings. The number of likely N-dealkylation sites (tertiary alicyclic amines) is 1. The van der Waals surface area contributed by atoms with Crippen LogP contribution in [-0.4, -0.2) is 56.9 Å². The Bertz CT molecular complexity index is 1130. The molecule has 2 bridgehead atoms. The predicted octanol–water partition coefficient (Wildman–Crippen LogP) is 3.85. The number of benzene rings is 1. The number of morpholine rings is 1. The van der Waals surface area contributed by atoms with Crippen LogP contribution >= 0.6 is 12.2 Å². The summed E-state index contributed by atoms with van der Waals surface area (Å²) < 4.78 is 5.98. The van der Waals surface area contributed by atoms with Crippen LogP contribution in [0.15, 0.2) is 72.1 Å². The lowest BCUT2D eigenvalue weighted by atomic mass is 10.2. The molecule has 0 saturated carbocycles. The first-order chi connectivity index (χ1) is 16.1. The van der Waals surface area contributed by atoms with Crippen LogP contribution in [0.3, 0.4) is 0 Å². The van der Waals surface area contributed by atoms with Gasteiger partial charge in [-0.1, -0.05) is 0 Å². The van der Waals surface area contributed by atoms with Crippen LogP contribution in [0.2, 0.25) is 0 Å². The van der Waals surface area contributed by atoms with Gasteiger partial charge in [0.05, 0.1) is 17.9 Å². The molecule has 4 heterocycles. The first kappa shape index (κ1) is 21.3. The van der Waals surface area contributed by atoms with Crippen molar-refractivity contribution in [2.45, 2.75) is 25.0 Å². The minimum Gasteiger partial charge on any atom is -0.371 e. The maximum Gasteiger partial charge on any atom is 0.175 e. The molecule has 9 heteroatoms. The van der Waals surface area contributed by atoms with Crippen molar-refractivity contribution >= 4 is 40.4 Å². The largest absolute Gasteiger partial charge is 0.371 e. The van der Waals surface area contributed by atoms with Gasteiger partial charge in [0.1, 0.15) is 0 Å². The van der Waals surface area contributed by atoms with E-state index in [0.717, 1.165) is 54.4 Å². The van der Waals surface area contributed by atoms with Gasteiger partial charge >= 0.3 is 0 Å². The van der Waals surface area contributed by atoms with Gasteiger partial charge in [-0.2, -0.15) is 0 Å². The lowest BCUT2D eigenvalue weighted by Crippen LogP contribution is -2.46. The average Bonchev–Trinajstić information content (AvgIpc) is 3.48. The summed E-state index contributed by atoms with van der Waals surface area (Å²) in [5.74, 6) is 0.998. The van der Waals surface area contributed by atoms with E-state index in [0.29, 0.717) is 5.11 Å². The Morgan fingerprint density at radius 2 is 1.70 bits per heavy atom. The highest BCUT2D eigenvalue weighted by Gasteiger charge is 2.35. The number of thiocarbonyl (C=S) groups is 1. The van der Waals surface area contributed by atoms with Gasteiger partial charge in [0.25, 0.3) is 0 Å². The standard InChI is InChI=1S/C24H25N7OS/c25-22(16-3-5-17(6-4-16)28-24(33)29-18-9-12-26-13-10-18)30-23(21-2-1-11-27-21)31-14-19-7-8-20(15-31)32-19/h1-6,9-13,19-20,25,27H,7-8,14-15H2,(H2,26,28,29,33)/t19-,20-/m1/s1. The van der Waals surface area contributed by atoms with E-state index in [9.17, 15) is 0 Å². The summed E-state index contributed by atoms with van der Waals surface area (Å²) in [6.07, 6.45) is 7.95. The third kappa shape index (κ3) is 5.10.